The maximum atomic E-state index is 12.6. The van der Waals surface area contributed by atoms with Crippen molar-refractivity contribution in [3.05, 3.63) is 59.7 Å². The normalized spacial score (nSPS) is 11.3. The maximum absolute atomic E-state index is 12.6. The second kappa shape index (κ2) is 10.1. The van der Waals surface area contributed by atoms with Crippen molar-refractivity contribution in [1.82, 2.24) is 9.62 Å². The molecular weight excluding hydrogens is 388 g/mol. The second-order valence-corrected chi connectivity index (χ2v) is 8.78. The summed E-state index contributed by atoms with van der Waals surface area (Å²) in [6, 6.07) is 13.4. The number of carbonyl (C=O) groups excluding carboxylic acids is 1. The van der Waals surface area contributed by atoms with Crippen LogP contribution in [0.2, 0.25) is 0 Å². The average molecular weight is 415 g/mol. The third kappa shape index (κ3) is 6.08. The third-order valence-corrected chi connectivity index (χ3v) is 6.47. The first-order valence-corrected chi connectivity index (χ1v) is 10.7. The van der Waals surface area contributed by atoms with Crippen LogP contribution in [0.5, 0.6) is 5.75 Å². The Kier molecular flexibility index (Phi) is 7.82. The highest BCUT2D eigenvalue weighted by Crippen LogP contribution is 2.18. The van der Waals surface area contributed by atoms with Crippen molar-refractivity contribution in [3.63, 3.8) is 0 Å². The highest BCUT2D eigenvalue weighted by atomic mass is 32.2. The van der Waals surface area contributed by atoms with Gasteiger partial charge in [-0.15, -0.1) is 6.42 Å². The molecule has 2 rings (SSSR count). The van der Waals surface area contributed by atoms with Gasteiger partial charge in [-0.25, -0.2) is 8.42 Å². The summed E-state index contributed by atoms with van der Waals surface area (Å²) in [5.74, 6) is 2.79. The molecule has 0 radical (unpaired) electrons. The van der Waals surface area contributed by atoms with E-state index in [1.165, 1.54) is 23.5 Å². The van der Waals surface area contributed by atoms with Crippen LogP contribution < -0.4 is 10.1 Å². The molecule has 0 bridgehead atoms. The standard InChI is InChI=1S/C22H26N2O4S/c1-5-15-28-20-11-9-18(10-12-20)13-14-23-22(25)19-7-6-8-21(16-19)29(26,27)24(4)17(2)3/h1,6-12,16-17H,13-15H2,2-4H3,(H,23,25). The number of benzene rings is 2. The van der Waals surface area contributed by atoms with Gasteiger partial charge in [-0.3, -0.25) is 4.79 Å². The minimum Gasteiger partial charge on any atom is -0.481 e. The molecule has 0 fully saturated rings. The molecule has 0 saturated heterocycles. The highest BCUT2D eigenvalue weighted by molar-refractivity contribution is 7.89. The summed E-state index contributed by atoms with van der Waals surface area (Å²) < 4.78 is 31.8. The molecule has 0 unspecified atom stereocenters. The Bertz CT molecular complexity index is 977. The van der Waals surface area contributed by atoms with E-state index in [9.17, 15) is 13.2 Å². The van der Waals surface area contributed by atoms with Gasteiger partial charge in [0.25, 0.3) is 5.91 Å². The van der Waals surface area contributed by atoms with E-state index >= 15 is 0 Å². The van der Waals surface area contributed by atoms with Crippen molar-refractivity contribution in [1.29, 1.82) is 0 Å². The van der Waals surface area contributed by atoms with E-state index in [1.54, 1.807) is 26.0 Å². The number of carbonyl (C=O) groups is 1. The lowest BCUT2D eigenvalue weighted by Gasteiger charge is -2.21. The Morgan fingerprint density at radius 3 is 2.52 bits per heavy atom. The first-order valence-electron chi connectivity index (χ1n) is 9.27. The molecule has 1 N–H and O–H groups in total. The summed E-state index contributed by atoms with van der Waals surface area (Å²) in [6.07, 6.45) is 5.79. The summed E-state index contributed by atoms with van der Waals surface area (Å²) >= 11 is 0. The van der Waals surface area contributed by atoms with E-state index in [4.69, 9.17) is 11.2 Å². The fourth-order valence-corrected chi connectivity index (χ4v) is 3.96. The maximum Gasteiger partial charge on any atom is 0.251 e. The number of terminal acetylenes is 1. The molecule has 0 aliphatic carbocycles. The Labute approximate surface area is 172 Å². The van der Waals surface area contributed by atoms with Crippen LogP contribution in [0.3, 0.4) is 0 Å². The number of sulfonamides is 1. The number of nitrogens with one attached hydrogen (secondary N) is 1. The number of hydrogen-bond donors (Lipinski definition) is 1. The van der Waals surface area contributed by atoms with Gasteiger partial charge in [-0.2, -0.15) is 4.31 Å². The lowest BCUT2D eigenvalue weighted by molar-refractivity contribution is 0.0954. The number of amides is 1. The molecule has 6 nitrogen and oxygen atoms in total. The van der Waals surface area contributed by atoms with Crippen LogP contribution >= 0.6 is 0 Å². The summed E-state index contributed by atoms with van der Waals surface area (Å²) in [5, 5.41) is 2.82. The van der Waals surface area contributed by atoms with Crippen LogP contribution in [-0.4, -0.2) is 44.9 Å². The fourth-order valence-electron chi connectivity index (χ4n) is 2.54. The van der Waals surface area contributed by atoms with Crippen LogP contribution in [0, 0.1) is 12.3 Å². The zero-order valence-corrected chi connectivity index (χ0v) is 17.7. The largest absolute Gasteiger partial charge is 0.481 e. The first kappa shape index (κ1) is 22.5. The van der Waals surface area contributed by atoms with Gasteiger partial charge in [0.1, 0.15) is 12.4 Å². The summed E-state index contributed by atoms with van der Waals surface area (Å²) in [5.41, 5.74) is 1.34. The highest BCUT2D eigenvalue weighted by Gasteiger charge is 2.23. The van der Waals surface area contributed by atoms with Gasteiger partial charge in [0.05, 0.1) is 4.90 Å². The molecule has 0 atom stereocenters. The zero-order valence-electron chi connectivity index (χ0n) is 16.9. The monoisotopic (exact) mass is 414 g/mol. The predicted molar refractivity (Wildman–Crippen MR) is 113 cm³/mol. The SMILES string of the molecule is C#CCOc1ccc(CCNC(=O)c2cccc(S(=O)(=O)N(C)C(C)C)c2)cc1. The van der Waals surface area contributed by atoms with Gasteiger partial charge in [0.2, 0.25) is 10.0 Å². The van der Waals surface area contributed by atoms with E-state index in [0.29, 0.717) is 24.3 Å². The number of rotatable bonds is 9. The summed E-state index contributed by atoms with van der Waals surface area (Å²) in [7, 11) is -2.12. The molecular formula is C22H26N2O4S. The summed E-state index contributed by atoms with van der Waals surface area (Å²) in [6.45, 7) is 4.23. The first-order chi connectivity index (χ1) is 13.8. The predicted octanol–water partition coefficient (Wildman–Crippen LogP) is 2.70. The van der Waals surface area contributed by atoms with Crippen LogP contribution in [0.25, 0.3) is 0 Å². The van der Waals surface area contributed by atoms with Crippen molar-refractivity contribution in [2.24, 2.45) is 0 Å². The molecule has 154 valence electrons. The molecule has 2 aromatic rings. The van der Waals surface area contributed by atoms with Crippen molar-refractivity contribution >= 4 is 15.9 Å². The van der Waals surface area contributed by atoms with Crippen molar-refractivity contribution in [2.75, 3.05) is 20.2 Å². The van der Waals surface area contributed by atoms with Gasteiger partial charge in [0.15, 0.2) is 0 Å². The zero-order chi connectivity index (χ0) is 21.4. The van der Waals surface area contributed by atoms with Crippen LogP contribution in [0.4, 0.5) is 0 Å². The molecule has 7 heteroatoms. The van der Waals surface area contributed by atoms with E-state index in [0.717, 1.165) is 5.56 Å². The van der Waals surface area contributed by atoms with E-state index in [2.05, 4.69) is 11.2 Å². The van der Waals surface area contributed by atoms with E-state index in [1.807, 2.05) is 24.3 Å². The Morgan fingerprint density at radius 1 is 1.21 bits per heavy atom. The van der Waals surface area contributed by atoms with Crippen LogP contribution in [0.15, 0.2) is 53.4 Å². The number of nitrogens with zero attached hydrogens (tertiary/aromatic N) is 1. The lowest BCUT2D eigenvalue weighted by atomic mass is 10.1. The molecule has 0 aromatic heterocycles. The lowest BCUT2D eigenvalue weighted by Crippen LogP contribution is -2.33. The average Bonchev–Trinajstić information content (AvgIpc) is 2.72. The third-order valence-electron chi connectivity index (χ3n) is 4.45. The quantitative estimate of drug-likeness (QED) is 0.640. The van der Waals surface area contributed by atoms with Gasteiger partial charge in [0, 0.05) is 25.2 Å². The van der Waals surface area contributed by atoms with Crippen molar-refractivity contribution < 1.29 is 17.9 Å². The number of ether oxygens (including phenoxy) is 1. The van der Waals surface area contributed by atoms with Gasteiger partial charge < -0.3 is 10.1 Å². The molecule has 0 spiro atoms. The molecule has 29 heavy (non-hydrogen) atoms. The summed E-state index contributed by atoms with van der Waals surface area (Å²) in [4.78, 5) is 12.5. The molecule has 0 aliphatic rings. The van der Waals surface area contributed by atoms with Gasteiger partial charge in [-0.1, -0.05) is 24.1 Å². The van der Waals surface area contributed by atoms with Crippen LogP contribution in [0.1, 0.15) is 29.8 Å². The molecule has 0 saturated carbocycles. The van der Waals surface area contributed by atoms with E-state index in [-0.39, 0.29) is 23.5 Å². The second-order valence-electron chi connectivity index (χ2n) is 6.79. The van der Waals surface area contributed by atoms with Crippen molar-refractivity contribution in [2.45, 2.75) is 31.2 Å². The molecule has 2 aromatic carbocycles. The minimum absolute atomic E-state index is 0.101. The minimum atomic E-state index is -3.64. The van der Waals surface area contributed by atoms with Gasteiger partial charge in [-0.05, 0) is 56.2 Å². The topological polar surface area (TPSA) is 75.7 Å². The molecule has 0 aliphatic heterocycles. The fraction of sp³-hybridized carbons (Fsp3) is 0.318. The Balaban J connectivity index is 1.97. The van der Waals surface area contributed by atoms with E-state index < -0.39 is 10.0 Å². The Morgan fingerprint density at radius 2 is 1.90 bits per heavy atom. The van der Waals surface area contributed by atoms with Crippen LogP contribution in [-0.2, 0) is 16.4 Å². The molecule has 0 heterocycles. The molecule has 1 amide bonds. The Hall–Kier alpha value is -2.82. The number of hydrogen-bond acceptors (Lipinski definition) is 4. The van der Waals surface area contributed by atoms with Crippen molar-refractivity contribution in [3.8, 4) is 18.1 Å². The smallest absolute Gasteiger partial charge is 0.251 e. The van der Waals surface area contributed by atoms with Gasteiger partial charge >= 0.3 is 0 Å².